The summed E-state index contributed by atoms with van der Waals surface area (Å²) in [6.45, 7) is 3.29. The van der Waals surface area contributed by atoms with Crippen molar-refractivity contribution >= 4 is 0 Å². The van der Waals surface area contributed by atoms with Crippen molar-refractivity contribution < 1.29 is 4.74 Å². The fourth-order valence-corrected chi connectivity index (χ4v) is 1.60. The minimum atomic E-state index is -0.0187. The molecule has 2 heterocycles. The van der Waals surface area contributed by atoms with Crippen LogP contribution in [-0.2, 0) is 17.8 Å². The van der Waals surface area contributed by atoms with Crippen molar-refractivity contribution in [1.82, 2.24) is 9.97 Å². The van der Waals surface area contributed by atoms with Gasteiger partial charge in [0.15, 0.2) is 0 Å². The molecule has 0 radical (unpaired) electrons. The molecule has 0 aliphatic carbocycles. The molecule has 0 bridgehead atoms. The van der Waals surface area contributed by atoms with E-state index in [1.165, 1.54) is 5.56 Å². The third kappa shape index (κ3) is 1.55. The van der Waals surface area contributed by atoms with Gasteiger partial charge in [0.25, 0.3) is 0 Å². The molecule has 0 fully saturated rings. The Morgan fingerprint density at radius 3 is 3.15 bits per heavy atom. The van der Waals surface area contributed by atoms with Crippen LogP contribution in [0.3, 0.4) is 0 Å². The highest BCUT2D eigenvalue weighted by Crippen LogP contribution is 2.20. The Balaban J connectivity index is 2.46. The van der Waals surface area contributed by atoms with Gasteiger partial charge < -0.3 is 10.5 Å². The zero-order chi connectivity index (χ0) is 9.26. The van der Waals surface area contributed by atoms with Crippen LogP contribution in [0.1, 0.15) is 29.9 Å². The zero-order valence-electron chi connectivity index (χ0n) is 7.66. The lowest BCUT2D eigenvalue weighted by atomic mass is 10.0. The van der Waals surface area contributed by atoms with E-state index >= 15 is 0 Å². The highest BCUT2D eigenvalue weighted by atomic mass is 16.5. The molecule has 1 aromatic rings. The molecule has 0 amide bonds. The quantitative estimate of drug-likeness (QED) is 0.684. The van der Waals surface area contributed by atoms with Gasteiger partial charge in [0.2, 0.25) is 0 Å². The van der Waals surface area contributed by atoms with E-state index in [9.17, 15) is 0 Å². The van der Waals surface area contributed by atoms with Gasteiger partial charge >= 0.3 is 0 Å². The van der Waals surface area contributed by atoms with Crippen LogP contribution in [0.4, 0.5) is 0 Å². The largest absolute Gasteiger partial charge is 0.375 e. The smallest absolute Gasteiger partial charge is 0.116 e. The topological polar surface area (TPSA) is 61.0 Å². The number of ether oxygens (including phenoxy) is 1. The Labute approximate surface area is 77.1 Å². The Morgan fingerprint density at radius 1 is 1.54 bits per heavy atom. The molecule has 1 aliphatic heterocycles. The molecule has 4 nitrogen and oxygen atoms in total. The van der Waals surface area contributed by atoms with Crippen molar-refractivity contribution in [3.8, 4) is 0 Å². The first kappa shape index (κ1) is 8.59. The highest BCUT2D eigenvalue weighted by molar-refractivity contribution is 5.27. The number of nitrogens with two attached hydrogens (primary N) is 1. The van der Waals surface area contributed by atoms with E-state index in [-0.39, 0.29) is 6.04 Å². The van der Waals surface area contributed by atoms with E-state index in [0.29, 0.717) is 6.61 Å². The third-order valence-electron chi connectivity index (χ3n) is 2.23. The monoisotopic (exact) mass is 179 g/mol. The fourth-order valence-electron chi connectivity index (χ4n) is 1.60. The number of hydrogen-bond donors (Lipinski definition) is 1. The van der Waals surface area contributed by atoms with Crippen molar-refractivity contribution in [3.05, 3.63) is 23.3 Å². The van der Waals surface area contributed by atoms with E-state index in [0.717, 1.165) is 24.4 Å². The van der Waals surface area contributed by atoms with E-state index in [2.05, 4.69) is 9.97 Å². The number of nitrogens with zero attached hydrogens (tertiary/aromatic N) is 2. The second-order valence-corrected chi connectivity index (χ2v) is 3.28. The molecule has 13 heavy (non-hydrogen) atoms. The van der Waals surface area contributed by atoms with Crippen LogP contribution in [-0.4, -0.2) is 16.6 Å². The SMILES string of the molecule is C[C@H](N)c1ncnc2c1CCOC2. The summed E-state index contributed by atoms with van der Waals surface area (Å²) in [5, 5.41) is 0. The molecule has 0 unspecified atom stereocenters. The third-order valence-corrected chi connectivity index (χ3v) is 2.23. The van der Waals surface area contributed by atoms with Crippen molar-refractivity contribution in [2.75, 3.05) is 6.61 Å². The Morgan fingerprint density at radius 2 is 2.38 bits per heavy atom. The van der Waals surface area contributed by atoms with Gasteiger partial charge in [-0.05, 0) is 13.3 Å². The van der Waals surface area contributed by atoms with E-state index < -0.39 is 0 Å². The summed E-state index contributed by atoms with van der Waals surface area (Å²) < 4.78 is 5.30. The number of fused-ring (bicyclic) bond motifs is 1. The molecular formula is C9H13N3O. The van der Waals surface area contributed by atoms with Gasteiger partial charge in [0.05, 0.1) is 24.6 Å². The first-order valence-corrected chi connectivity index (χ1v) is 4.45. The molecule has 1 atom stereocenters. The maximum atomic E-state index is 5.81. The Hall–Kier alpha value is -1.00. The second-order valence-electron chi connectivity index (χ2n) is 3.28. The summed E-state index contributed by atoms with van der Waals surface area (Å²) in [5.74, 6) is 0. The lowest BCUT2D eigenvalue weighted by molar-refractivity contribution is 0.106. The van der Waals surface area contributed by atoms with Gasteiger partial charge in [-0.1, -0.05) is 0 Å². The van der Waals surface area contributed by atoms with Crippen molar-refractivity contribution in [2.24, 2.45) is 5.73 Å². The predicted molar refractivity (Wildman–Crippen MR) is 48.0 cm³/mol. The number of hydrogen-bond acceptors (Lipinski definition) is 4. The van der Waals surface area contributed by atoms with E-state index in [1.54, 1.807) is 6.33 Å². The minimum Gasteiger partial charge on any atom is -0.375 e. The predicted octanol–water partition coefficient (Wildman–Crippen LogP) is 0.569. The van der Waals surface area contributed by atoms with Crippen molar-refractivity contribution in [1.29, 1.82) is 0 Å². The van der Waals surface area contributed by atoms with Gasteiger partial charge in [-0.3, -0.25) is 0 Å². The molecule has 4 heteroatoms. The first-order chi connectivity index (χ1) is 6.29. The van der Waals surface area contributed by atoms with Crippen LogP contribution in [0.5, 0.6) is 0 Å². The molecule has 0 spiro atoms. The minimum absolute atomic E-state index is 0.0187. The zero-order valence-corrected chi connectivity index (χ0v) is 7.66. The summed E-state index contributed by atoms with van der Waals surface area (Å²) in [6.07, 6.45) is 2.44. The van der Waals surface area contributed by atoms with Crippen LogP contribution in [0.15, 0.2) is 6.33 Å². The van der Waals surface area contributed by atoms with Gasteiger partial charge in [-0.2, -0.15) is 0 Å². The average Bonchev–Trinajstić information content (AvgIpc) is 2.17. The normalized spacial score (nSPS) is 18.0. The maximum Gasteiger partial charge on any atom is 0.116 e. The van der Waals surface area contributed by atoms with Crippen molar-refractivity contribution in [3.63, 3.8) is 0 Å². The van der Waals surface area contributed by atoms with Gasteiger partial charge in [0.1, 0.15) is 6.33 Å². The Kier molecular flexibility index (Phi) is 2.24. The van der Waals surface area contributed by atoms with Crippen LogP contribution in [0, 0.1) is 0 Å². The van der Waals surface area contributed by atoms with Gasteiger partial charge in [-0.15, -0.1) is 0 Å². The number of aromatic nitrogens is 2. The average molecular weight is 179 g/mol. The maximum absolute atomic E-state index is 5.81. The lowest BCUT2D eigenvalue weighted by Crippen LogP contribution is -2.19. The standard InChI is InChI=1S/C9H13N3O/c1-6(10)9-7-2-3-13-4-8(7)11-5-12-9/h5-6H,2-4,10H2,1H3/t6-/m0/s1. The van der Waals surface area contributed by atoms with Gasteiger partial charge in [0, 0.05) is 11.6 Å². The molecule has 1 aliphatic rings. The molecule has 70 valence electrons. The van der Waals surface area contributed by atoms with Gasteiger partial charge in [-0.25, -0.2) is 9.97 Å². The van der Waals surface area contributed by atoms with Crippen LogP contribution in [0.25, 0.3) is 0 Å². The fraction of sp³-hybridized carbons (Fsp3) is 0.556. The lowest BCUT2D eigenvalue weighted by Gasteiger charge is -2.19. The molecular weight excluding hydrogens is 166 g/mol. The number of rotatable bonds is 1. The molecule has 0 saturated carbocycles. The summed E-state index contributed by atoms with van der Waals surface area (Å²) in [4.78, 5) is 8.37. The molecule has 2 rings (SSSR count). The van der Waals surface area contributed by atoms with E-state index in [1.807, 2.05) is 6.92 Å². The summed E-state index contributed by atoms with van der Waals surface area (Å²) >= 11 is 0. The van der Waals surface area contributed by atoms with Crippen LogP contribution >= 0.6 is 0 Å². The van der Waals surface area contributed by atoms with Crippen LogP contribution < -0.4 is 5.73 Å². The molecule has 1 aromatic heterocycles. The van der Waals surface area contributed by atoms with E-state index in [4.69, 9.17) is 10.5 Å². The molecule has 2 N–H and O–H groups in total. The summed E-state index contributed by atoms with van der Waals surface area (Å²) in [6, 6.07) is -0.0187. The van der Waals surface area contributed by atoms with Crippen molar-refractivity contribution in [2.45, 2.75) is 26.0 Å². The first-order valence-electron chi connectivity index (χ1n) is 4.45. The second kappa shape index (κ2) is 3.40. The summed E-state index contributed by atoms with van der Waals surface area (Å²) in [7, 11) is 0. The molecule has 0 aromatic carbocycles. The van der Waals surface area contributed by atoms with Crippen LogP contribution in [0.2, 0.25) is 0 Å². The summed E-state index contributed by atoms with van der Waals surface area (Å²) in [5.41, 5.74) is 8.95. The Bertz CT molecular complexity index is 312. The molecule has 0 saturated heterocycles. The highest BCUT2D eigenvalue weighted by Gasteiger charge is 2.17.